The number of carbonyl (C=O) groups excluding carboxylic acids is 1. The summed E-state index contributed by atoms with van der Waals surface area (Å²) in [5, 5.41) is 2.71. The Morgan fingerprint density at radius 1 is 1.47 bits per heavy atom. The average molecular weight is 254 g/mol. The highest BCUT2D eigenvalue weighted by atomic mass is 32.2. The van der Waals surface area contributed by atoms with Gasteiger partial charge in [-0.1, -0.05) is 19.9 Å². The molecular weight excluding hydrogens is 236 g/mol. The summed E-state index contributed by atoms with van der Waals surface area (Å²) in [5.74, 6) is 0.588. The van der Waals surface area contributed by atoms with Crippen LogP contribution in [-0.4, -0.2) is 28.4 Å². The van der Waals surface area contributed by atoms with Crippen molar-refractivity contribution in [3.05, 3.63) is 23.9 Å². The van der Waals surface area contributed by atoms with E-state index in [0.717, 1.165) is 18.7 Å². The van der Waals surface area contributed by atoms with Crippen molar-refractivity contribution in [2.45, 2.75) is 20.8 Å². The lowest BCUT2D eigenvalue weighted by molar-refractivity contribution is 0.257. The maximum atomic E-state index is 11.6. The molecule has 0 saturated heterocycles. The summed E-state index contributed by atoms with van der Waals surface area (Å²) in [6, 6.07) is 3.48. The first-order chi connectivity index (χ1) is 8.17. The predicted molar refractivity (Wildman–Crippen MR) is 71.6 cm³/mol. The van der Waals surface area contributed by atoms with Gasteiger partial charge in [0.1, 0.15) is 5.82 Å². The van der Waals surface area contributed by atoms with Gasteiger partial charge in [-0.2, -0.15) is 0 Å². The zero-order valence-electron chi connectivity index (χ0n) is 10.4. The highest BCUT2D eigenvalue weighted by Gasteiger charge is 2.06. The quantitative estimate of drug-likeness (QED) is 0.792. The van der Waals surface area contributed by atoms with Crippen molar-refractivity contribution >= 4 is 24.0 Å². The number of amides is 2. The van der Waals surface area contributed by atoms with Gasteiger partial charge in [-0.3, -0.25) is 10.0 Å². The van der Waals surface area contributed by atoms with Crippen LogP contribution in [0.4, 0.5) is 10.6 Å². The topological polar surface area (TPSA) is 57.3 Å². The van der Waals surface area contributed by atoms with Crippen molar-refractivity contribution in [2.24, 2.45) is 0 Å². The van der Waals surface area contributed by atoms with Crippen LogP contribution in [0.1, 0.15) is 19.4 Å². The van der Waals surface area contributed by atoms with Gasteiger partial charge in [0, 0.05) is 31.4 Å². The number of pyridine rings is 1. The zero-order valence-corrected chi connectivity index (χ0v) is 11.2. The Kier molecular flexibility index (Phi) is 5.79. The molecule has 2 amide bonds. The summed E-state index contributed by atoms with van der Waals surface area (Å²) in [6.07, 6.45) is 1.65. The van der Waals surface area contributed by atoms with Crippen molar-refractivity contribution in [1.82, 2.24) is 14.0 Å². The van der Waals surface area contributed by atoms with Crippen LogP contribution in [0.2, 0.25) is 0 Å². The van der Waals surface area contributed by atoms with Gasteiger partial charge >= 0.3 is 6.03 Å². The second-order valence-corrected chi connectivity index (χ2v) is 4.33. The third-order valence-electron chi connectivity index (χ3n) is 2.21. The van der Waals surface area contributed by atoms with Crippen molar-refractivity contribution in [3.8, 4) is 0 Å². The van der Waals surface area contributed by atoms with E-state index >= 15 is 0 Å². The Morgan fingerprint density at radius 3 is 2.76 bits per heavy atom. The molecule has 0 spiro atoms. The molecule has 1 aromatic rings. The molecule has 0 bridgehead atoms. The zero-order chi connectivity index (χ0) is 12.7. The average Bonchev–Trinajstić information content (AvgIpc) is 2.33. The van der Waals surface area contributed by atoms with E-state index in [4.69, 9.17) is 0 Å². The molecular formula is C11H18N4OS. The number of hydrogen-bond acceptors (Lipinski definition) is 4. The number of rotatable bonds is 5. The van der Waals surface area contributed by atoms with Gasteiger partial charge < -0.3 is 0 Å². The van der Waals surface area contributed by atoms with E-state index in [1.165, 1.54) is 12.1 Å². The number of hydrogen-bond donors (Lipinski definition) is 2. The molecule has 94 valence electrons. The summed E-state index contributed by atoms with van der Waals surface area (Å²) < 4.78 is 4.75. The van der Waals surface area contributed by atoms with Crippen LogP contribution in [0, 0.1) is 6.92 Å². The van der Waals surface area contributed by atoms with Gasteiger partial charge in [-0.25, -0.2) is 14.1 Å². The summed E-state index contributed by atoms with van der Waals surface area (Å²) in [7, 11) is 0. The largest absolute Gasteiger partial charge is 0.331 e. The second kappa shape index (κ2) is 7.13. The van der Waals surface area contributed by atoms with Gasteiger partial charge in [-0.05, 0) is 18.6 Å². The van der Waals surface area contributed by atoms with E-state index in [1.807, 2.05) is 37.2 Å². The summed E-state index contributed by atoms with van der Waals surface area (Å²) in [6.45, 7) is 7.74. The van der Waals surface area contributed by atoms with Gasteiger partial charge in [-0.15, -0.1) is 0 Å². The lowest BCUT2D eigenvalue weighted by Gasteiger charge is -2.16. The minimum atomic E-state index is -0.260. The first kappa shape index (κ1) is 13.8. The van der Waals surface area contributed by atoms with Crippen molar-refractivity contribution in [3.63, 3.8) is 0 Å². The monoisotopic (exact) mass is 254 g/mol. The number of aryl methyl sites for hydroxylation is 1. The number of urea groups is 1. The fourth-order valence-electron chi connectivity index (χ4n) is 1.21. The Labute approximate surface area is 106 Å². The van der Waals surface area contributed by atoms with E-state index < -0.39 is 0 Å². The van der Waals surface area contributed by atoms with E-state index in [9.17, 15) is 4.79 Å². The Balaban J connectivity index is 2.42. The van der Waals surface area contributed by atoms with Crippen LogP contribution in [-0.2, 0) is 0 Å². The molecule has 0 unspecified atom stereocenters. The minimum Gasteiger partial charge on any atom is -0.291 e. The minimum absolute atomic E-state index is 0.260. The Hall–Kier alpha value is -1.27. The maximum Gasteiger partial charge on any atom is 0.331 e. The standard InChI is InChI=1S/C11H18N4OS/c1-4-15(5-2)17-14-11(16)13-10-9(3)7-6-8-12-10/h6-8H,4-5H2,1-3H3,(H2,12,13,14,16). The number of aromatic nitrogens is 1. The number of anilines is 1. The molecule has 1 aromatic heterocycles. The smallest absolute Gasteiger partial charge is 0.291 e. The van der Waals surface area contributed by atoms with Gasteiger partial charge in [0.2, 0.25) is 0 Å². The fourth-order valence-corrected chi connectivity index (χ4v) is 1.73. The fraction of sp³-hybridized carbons (Fsp3) is 0.455. The number of carbonyl (C=O) groups is 1. The van der Waals surface area contributed by atoms with Crippen molar-refractivity contribution in [2.75, 3.05) is 18.4 Å². The van der Waals surface area contributed by atoms with Crippen LogP contribution in [0.5, 0.6) is 0 Å². The maximum absolute atomic E-state index is 11.6. The molecule has 0 aliphatic carbocycles. The van der Waals surface area contributed by atoms with Crippen molar-refractivity contribution in [1.29, 1.82) is 0 Å². The first-order valence-corrected chi connectivity index (χ1v) is 6.35. The van der Waals surface area contributed by atoms with Crippen LogP contribution in [0.3, 0.4) is 0 Å². The first-order valence-electron chi connectivity index (χ1n) is 5.57. The molecule has 0 aliphatic rings. The molecule has 0 aliphatic heterocycles. The molecule has 17 heavy (non-hydrogen) atoms. The lowest BCUT2D eigenvalue weighted by Crippen LogP contribution is -2.29. The number of nitrogens with zero attached hydrogens (tertiary/aromatic N) is 2. The Morgan fingerprint density at radius 2 is 2.18 bits per heavy atom. The van der Waals surface area contributed by atoms with Gasteiger partial charge in [0.15, 0.2) is 0 Å². The molecule has 0 fully saturated rings. The summed E-state index contributed by atoms with van der Waals surface area (Å²) >= 11 is 1.30. The van der Waals surface area contributed by atoms with Crippen LogP contribution >= 0.6 is 12.1 Å². The van der Waals surface area contributed by atoms with E-state index in [0.29, 0.717) is 5.82 Å². The van der Waals surface area contributed by atoms with Crippen LogP contribution < -0.4 is 10.0 Å². The van der Waals surface area contributed by atoms with Gasteiger partial charge in [0.25, 0.3) is 0 Å². The second-order valence-electron chi connectivity index (χ2n) is 3.43. The molecule has 1 heterocycles. The molecule has 5 nitrogen and oxygen atoms in total. The third kappa shape index (κ3) is 4.62. The van der Waals surface area contributed by atoms with E-state index in [1.54, 1.807) is 6.20 Å². The van der Waals surface area contributed by atoms with E-state index in [-0.39, 0.29) is 6.03 Å². The lowest BCUT2D eigenvalue weighted by atomic mass is 10.3. The molecule has 1 rings (SSSR count). The highest BCUT2D eigenvalue weighted by molar-refractivity contribution is 7.95. The summed E-state index contributed by atoms with van der Waals surface area (Å²) in [5.41, 5.74) is 0.940. The molecule has 6 heteroatoms. The molecule has 2 N–H and O–H groups in total. The molecule has 0 atom stereocenters. The normalized spacial score (nSPS) is 10.4. The van der Waals surface area contributed by atoms with Crippen LogP contribution in [0.15, 0.2) is 18.3 Å². The Bertz CT molecular complexity index is 368. The third-order valence-corrected chi connectivity index (χ3v) is 3.27. The molecule has 0 aromatic carbocycles. The van der Waals surface area contributed by atoms with E-state index in [2.05, 4.69) is 15.0 Å². The van der Waals surface area contributed by atoms with Gasteiger partial charge in [0.05, 0.1) is 0 Å². The predicted octanol–water partition coefficient (Wildman–Crippen LogP) is 2.42. The van der Waals surface area contributed by atoms with Crippen LogP contribution in [0.25, 0.3) is 0 Å². The highest BCUT2D eigenvalue weighted by Crippen LogP contribution is 2.10. The summed E-state index contributed by atoms with van der Waals surface area (Å²) in [4.78, 5) is 15.7. The number of nitrogens with one attached hydrogen (secondary N) is 2. The molecule has 0 saturated carbocycles. The SMILES string of the molecule is CCN(CC)SNC(=O)Nc1ncccc1C. The molecule has 0 radical (unpaired) electrons. The van der Waals surface area contributed by atoms with Crippen molar-refractivity contribution < 1.29 is 4.79 Å².